The molecule has 38 heavy (non-hydrogen) atoms. The first kappa shape index (κ1) is 29.4. The van der Waals surface area contributed by atoms with Gasteiger partial charge in [-0.3, -0.25) is 19.2 Å². The molecule has 0 aliphatic heterocycles. The van der Waals surface area contributed by atoms with Crippen LogP contribution >= 0.6 is 23.5 Å². The van der Waals surface area contributed by atoms with E-state index in [1.54, 1.807) is 17.8 Å². The lowest BCUT2D eigenvalue weighted by Crippen LogP contribution is -2.63. The predicted octanol–water partition coefficient (Wildman–Crippen LogP) is 4.06. The second kappa shape index (κ2) is 10.8. The lowest BCUT2D eigenvalue weighted by atomic mass is 9.44. The number of aliphatic hydroxyl groups excluding tert-OH is 1. The fourth-order valence-corrected chi connectivity index (χ4v) is 8.94. The number of anilines is 1. The van der Waals surface area contributed by atoms with Gasteiger partial charge in [-0.15, -0.1) is 18.3 Å². The standard InChI is InChI=1S/C29H41NO6S2/c1-7-27(4)14-19(36-20(32)15-38-24-21(22(33)23(24)34)30-12-13-37-6)28(5)16(2)8-10-29(17(3)26(27)35)11-9-18(31)25(28)29/h7,16-17,19,25-26,30,35H,1,8-15H2,2-6H3/t16-,17+,19-,25+,26+,27-,28+,29+/m1/s1. The van der Waals surface area contributed by atoms with Crippen molar-refractivity contribution < 1.29 is 19.4 Å². The first-order chi connectivity index (χ1) is 17.9. The molecule has 0 heterocycles. The number of hydrogen-bond acceptors (Lipinski definition) is 9. The van der Waals surface area contributed by atoms with Crippen LogP contribution in [0.2, 0.25) is 0 Å². The van der Waals surface area contributed by atoms with Crippen molar-refractivity contribution in [3.8, 4) is 0 Å². The summed E-state index contributed by atoms with van der Waals surface area (Å²) in [5.74, 6) is 0.156. The topological polar surface area (TPSA) is 110 Å². The average molecular weight is 564 g/mol. The van der Waals surface area contributed by atoms with Crippen molar-refractivity contribution in [2.24, 2.45) is 34.0 Å². The van der Waals surface area contributed by atoms with Gasteiger partial charge >= 0.3 is 5.97 Å². The minimum Gasteiger partial charge on any atom is -0.461 e. The van der Waals surface area contributed by atoms with Gasteiger partial charge < -0.3 is 15.2 Å². The van der Waals surface area contributed by atoms with Crippen LogP contribution in [0.3, 0.4) is 0 Å². The van der Waals surface area contributed by atoms with Crippen LogP contribution in [0.5, 0.6) is 0 Å². The Morgan fingerprint density at radius 2 is 1.92 bits per heavy atom. The smallest absolute Gasteiger partial charge is 0.316 e. The largest absolute Gasteiger partial charge is 0.461 e. The lowest BCUT2D eigenvalue weighted by Gasteiger charge is -2.61. The number of ether oxygens (including phenoxy) is 1. The molecular formula is C29H41NO6S2. The van der Waals surface area contributed by atoms with Crippen molar-refractivity contribution in [1.29, 1.82) is 0 Å². The van der Waals surface area contributed by atoms with Gasteiger partial charge in [0.2, 0.25) is 5.43 Å². The summed E-state index contributed by atoms with van der Waals surface area (Å²) in [6.45, 7) is 12.9. The Bertz CT molecular complexity index is 1180. The summed E-state index contributed by atoms with van der Waals surface area (Å²) in [6.07, 6.45) is 5.78. The minimum atomic E-state index is -0.722. The molecule has 0 unspecified atom stereocenters. The Labute approximate surface area is 233 Å². The first-order valence-corrected chi connectivity index (χ1v) is 16.0. The molecule has 9 heteroatoms. The maximum Gasteiger partial charge on any atom is 0.316 e. The van der Waals surface area contributed by atoms with Crippen LogP contribution in [-0.4, -0.2) is 53.4 Å². The molecule has 0 aromatic heterocycles. The van der Waals surface area contributed by atoms with Crippen molar-refractivity contribution in [1.82, 2.24) is 0 Å². The van der Waals surface area contributed by atoms with Crippen molar-refractivity contribution in [3.63, 3.8) is 0 Å². The van der Waals surface area contributed by atoms with Gasteiger partial charge in [-0.25, -0.2) is 0 Å². The Kier molecular flexibility index (Phi) is 8.33. The number of ketones is 1. The molecule has 0 amide bonds. The van der Waals surface area contributed by atoms with Gasteiger partial charge in [0.15, 0.2) is 0 Å². The number of Topliss-reactive ketones (excluding diaryl/α,β-unsaturated/α-hetero) is 1. The summed E-state index contributed by atoms with van der Waals surface area (Å²) in [5, 5.41) is 14.6. The predicted molar refractivity (Wildman–Crippen MR) is 154 cm³/mol. The number of rotatable bonds is 9. The number of thioether (sulfide) groups is 2. The van der Waals surface area contributed by atoms with E-state index in [1.807, 2.05) is 13.2 Å². The molecule has 0 spiro atoms. The van der Waals surface area contributed by atoms with Crippen molar-refractivity contribution >= 4 is 41.0 Å². The maximum atomic E-state index is 13.5. The molecule has 3 fully saturated rings. The third kappa shape index (κ3) is 4.50. The van der Waals surface area contributed by atoms with Crippen LogP contribution in [-0.2, 0) is 14.3 Å². The first-order valence-electron chi connectivity index (χ1n) is 13.6. The number of esters is 1. The van der Waals surface area contributed by atoms with Crippen LogP contribution in [0.1, 0.15) is 59.8 Å². The van der Waals surface area contributed by atoms with Crippen LogP contribution in [0.15, 0.2) is 27.1 Å². The van der Waals surface area contributed by atoms with Gasteiger partial charge in [-0.1, -0.05) is 33.8 Å². The molecule has 3 saturated carbocycles. The minimum absolute atomic E-state index is 0.0906. The van der Waals surface area contributed by atoms with Crippen LogP contribution in [0.25, 0.3) is 0 Å². The van der Waals surface area contributed by atoms with Gasteiger partial charge in [0, 0.05) is 35.5 Å². The van der Waals surface area contributed by atoms with Gasteiger partial charge in [0.25, 0.3) is 5.43 Å². The molecular weight excluding hydrogens is 522 g/mol. The highest BCUT2D eigenvalue weighted by Crippen LogP contribution is 2.68. The number of nitrogens with one attached hydrogen (secondary N) is 1. The third-order valence-electron chi connectivity index (χ3n) is 10.4. The van der Waals surface area contributed by atoms with Crippen LogP contribution < -0.4 is 16.2 Å². The molecule has 0 radical (unpaired) electrons. The van der Waals surface area contributed by atoms with E-state index in [0.717, 1.165) is 36.8 Å². The molecule has 7 nitrogen and oxygen atoms in total. The summed E-state index contributed by atoms with van der Waals surface area (Å²) in [7, 11) is 0. The number of aliphatic hydroxyl groups is 1. The summed E-state index contributed by atoms with van der Waals surface area (Å²) < 4.78 is 6.22. The molecule has 8 atom stereocenters. The summed E-state index contributed by atoms with van der Waals surface area (Å²) in [5.41, 5.74) is -2.47. The molecule has 2 N–H and O–H groups in total. The molecule has 1 aromatic carbocycles. The second-order valence-corrected chi connectivity index (χ2v) is 14.1. The fraction of sp³-hybridized carbons (Fsp3) is 0.724. The normalized spacial score (nSPS) is 38.8. The van der Waals surface area contributed by atoms with Crippen molar-refractivity contribution in [3.05, 3.63) is 33.1 Å². The zero-order chi connectivity index (χ0) is 28.0. The summed E-state index contributed by atoms with van der Waals surface area (Å²) in [4.78, 5) is 51.2. The van der Waals surface area contributed by atoms with E-state index in [2.05, 4.69) is 32.7 Å². The summed E-state index contributed by atoms with van der Waals surface area (Å²) >= 11 is 2.65. The zero-order valence-electron chi connectivity index (χ0n) is 23.1. The molecule has 3 aliphatic carbocycles. The van der Waals surface area contributed by atoms with Crippen molar-refractivity contribution in [2.45, 2.75) is 76.9 Å². The molecule has 0 saturated heterocycles. The summed E-state index contributed by atoms with van der Waals surface area (Å²) in [6, 6.07) is 0. The van der Waals surface area contributed by atoms with E-state index in [9.17, 15) is 24.3 Å². The highest BCUT2D eigenvalue weighted by Gasteiger charge is 2.68. The van der Waals surface area contributed by atoms with Crippen LogP contribution in [0.4, 0.5) is 5.69 Å². The molecule has 2 bridgehead atoms. The van der Waals surface area contributed by atoms with E-state index in [1.165, 1.54) is 0 Å². The second-order valence-electron chi connectivity index (χ2n) is 12.1. The molecule has 1 aromatic rings. The number of hydrogen-bond donors (Lipinski definition) is 2. The quantitative estimate of drug-likeness (QED) is 0.151. The fourth-order valence-electron chi connectivity index (χ4n) is 7.77. The molecule has 210 valence electrons. The van der Waals surface area contributed by atoms with E-state index in [0.29, 0.717) is 19.4 Å². The van der Waals surface area contributed by atoms with E-state index < -0.39 is 39.9 Å². The highest BCUT2D eigenvalue weighted by molar-refractivity contribution is 8.00. The Morgan fingerprint density at radius 3 is 2.58 bits per heavy atom. The van der Waals surface area contributed by atoms with Gasteiger partial charge in [0.05, 0.1) is 16.8 Å². The Balaban J connectivity index is 1.61. The number of carbonyl (C=O) groups excluding carboxylic acids is 2. The van der Waals surface area contributed by atoms with Crippen molar-refractivity contribution in [2.75, 3.05) is 29.6 Å². The molecule has 4 rings (SSSR count). The van der Waals surface area contributed by atoms with Gasteiger partial charge in [0.1, 0.15) is 17.6 Å². The van der Waals surface area contributed by atoms with E-state index >= 15 is 0 Å². The lowest BCUT2D eigenvalue weighted by molar-refractivity contribution is -0.205. The SMILES string of the molecule is C=C[C@]1(C)C[C@@H](OC(=O)CSc2c(NCCSC)c(=O)c2=O)[C@]2(C)[C@H](C)CC[C@]3(CCC(=O)[C@H]32)[C@@H](C)[C@@H]1O. The van der Waals surface area contributed by atoms with E-state index in [4.69, 9.17) is 4.74 Å². The average Bonchev–Trinajstić information content (AvgIpc) is 3.25. The van der Waals surface area contributed by atoms with Crippen LogP contribution in [0, 0.1) is 34.0 Å². The molecule has 3 aliphatic rings. The van der Waals surface area contributed by atoms with Gasteiger partial charge in [-0.05, 0) is 49.2 Å². The van der Waals surface area contributed by atoms with Gasteiger partial charge in [-0.2, -0.15) is 11.8 Å². The third-order valence-corrected chi connectivity index (χ3v) is 12.1. The Morgan fingerprint density at radius 1 is 1.21 bits per heavy atom. The number of carbonyl (C=O) groups is 2. The highest BCUT2D eigenvalue weighted by atomic mass is 32.2. The maximum absolute atomic E-state index is 13.5. The van der Waals surface area contributed by atoms with E-state index in [-0.39, 0.29) is 45.3 Å². The Hall–Kier alpha value is -1.58. The zero-order valence-corrected chi connectivity index (χ0v) is 24.8. The monoisotopic (exact) mass is 563 g/mol.